The van der Waals surface area contributed by atoms with Crippen molar-refractivity contribution in [3.8, 4) is 0 Å². The van der Waals surface area contributed by atoms with Crippen molar-refractivity contribution in [1.82, 2.24) is 9.62 Å². The van der Waals surface area contributed by atoms with Crippen molar-refractivity contribution >= 4 is 27.5 Å². The average Bonchev–Trinajstić information content (AvgIpc) is 2.55. The predicted molar refractivity (Wildman–Crippen MR) is 95.4 cm³/mol. The quantitative estimate of drug-likeness (QED) is 0.798. The molecule has 0 radical (unpaired) electrons. The van der Waals surface area contributed by atoms with Gasteiger partial charge in [0.05, 0.1) is 16.8 Å². The van der Waals surface area contributed by atoms with Gasteiger partial charge in [-0.2, -0.15) is 4.31 Å². The Morgan fingerprint density at radius 2 is 1.80 bits per heavy atom. The Bertz CT molecular complexity index is 858. The van der Waals surface area contributed by atoms with Gasteiger partial charge in [0.1, 0.15) is 5.82 Å². The van der Waals surface area contributed by atoms with E-state index in [4.69, 9.17) is 11.6 Å². The zero-order chi connectivity index (χ0) is 18.4. The summed E-state index contributed by atoms with van der Waals surface area (Å²) in [6.45, 7) is -0.0115. The van der Waals surface area contributed by atoms with Gasteiger partial charge in [-0.05, 0) is 18.2 Å². The Kier molecular flexibility index (Phi) is 6.52. The fourth-order valence-corrected chi connectivity index (χ4v) is 3.23. The molecule has 5 nitrogen and oxygen atoms in total. The molecule has 134 valence electrons. The normalized spacial score (nSPS) is 11.5. The number of hydrogen-bond donors (Lipinski definition) is 1. The third-order valence-corrected chi connectivity index (χ3v) is 5.12. The highest BCUT2D eigenvalue weighted by atomic mass is 35.5. The Hall–Kier alpha value is -1.96. The van der Waals surface area contributed by atoms with E-state index in [2.05, 4.69) is 5.32 Å². The lowest BCUT2D eigenvalue weighted by Gasteiger charge is -2.20. The maximum atomic E-state index is 13.7. The molecule has 0 saturated heterocycles. The lowest BCUT2D eigenvalue weighted by atomic mass is 10.2. The molecule has 0 fully saturated rings. The zero-order valence-electron chi connectivity index (χ0n) is 13.6. The third kappa shape index (κ3) is 5.52. The van der Waals surface area contributed by atoms with E-state index in [1.165, 1.54) is 18.2 Å². The largest absolute Gasteiger partial charge is 0.351 e. The van der Waals surface area contributed by atoms with Gasteiger partial charge in [-0.25, -0.2) is 12.8 Å². The minimum atomic E-state index is -3.56. The molecular formula is C17H18ClFN2O3S. The minimum Gasteiger partial charge on any atom is -0.351 e. The second-order valence-electron chi connectivity index (χ2n) is 5.42. The van der Waals surface area contributed by atoms with Gasteiger partial charge in [-0.15, -0.1) is 0 Å². The summed E-state index contributed by atoms with van der Waals surface area (Å²) >= 11 is 5.95. The lowest BCUT2D eigenvalue weighted by Crippen LogP contribution is -2.37. The molecule has 0 spiro atoms. The molecule has 2 aromatic carbocycles. The molecule has 8 heteroatoms. The number of nitrogens with one attached hydrogen (secondary N) is 1. The van der Waals surface area contributed by atoms with Gasteiger partial charge in [0.2, 0.25) is 10.0 Å². The number of amides is 1. The van der Waals surface area contributed by atoms with Crippen LogP contribution in [0.3, 0.4) is 0 Å². The fraction of sp³-hybridized carbons (Fsp3) is 0.235. The molecule has 0 bridgehead atoms. The van der Waals surface area contributed by atoms with Crippen molar-refractivity contribution in [2.75, 3.05) is 19.3 Å². The van der Waals surface area contributed by atoms with Crippen LogP contribution in [0.5, 0.6) is 0 Å². The molecule has 0 atom stereocenters. The molecular weight excluding hydrogens is 367 g/mol. The predicted octanol–water partition coefficient (Wildman–Crippen LogP) is 2.67. The summed E-state index contributed by atoms with van der Waals surface area (Å²) in [6, 6.07) is 12.5. The van der Waals surface area contributed by atoms with Crippen molar-refractivity contribution in [1.29, 1.82) is 0 Å². The van der Waals surface area contributed by atoms with Crippen LogP contribution >= 0.6 is 11.6 Å². The number of benzene rings is 2. The highest BCUT2D eigenvalue weighted by molar-refractivity contribution is 7.88. The van der Waals surface area contributed by atoms with Crippen molar-refractivity contribution in [2.45, 2.75) is 6.54 Å². The smallest absolute Gasteiger partial charge is 0.252 e. The van der Waals surface area contributed by atoms with Gasteiger partial charge in [-0.1, -0.05) is 41.9 Å². The number of sulfonamides is 1. The molecule has 0 aliphatic heterocycles. The van der Waals surface area contributed by atoms with Gasteiger partial charge >= 0.3 is 0 Å². The van der Waals surface area contributed by atoms with Crippen LogP contribution in [0.1, 0.15) is 15.9 Å². The first-order valence-electron chi connectivity index (χ1n) is 7.50. The molecule has 0 aliphatic carbocycles. The van der Waals surface area contributed by atoms with Crippen molar-refractivity contribution in [3.05, 3.63) is 70.5 Å². The molecule has 25 heavy (non-hydrogen) atoms. The highest BCUT2D eigenvalue weighted by Gasteiger charge is 2.19. The van der Waals surface area contributed by atoms with E-state index in [0.29, 0.717) is 10.6 Å². The van der Waals surface area contributed by atoms with Crippen LogP contribution in [0.4, 0.5) is 4.39 Å². The fourth-order valence-electron chi connectivity index (χ4n) is 2.21. The molecule has 0 saturated carbocycles. The Morgan fingerprint density at radius 1 is 1.16 bits per heavy atom. The van der Waals surface area contributed by atoms with Crippen LogP contribution in [0, 0.1) is 5.82 Å². The van der Waals surface area contributed by atoms with E-state index in [1.807, 2.05) is 0 Å². The number of carbonyl (C=O) groups is 1. The molecule has 0 unspecified atom stereocenters. The number of hydrogen-bond acceptors (Lipinski definition) is 3. The number of halogens is 2. The molecule has 0 aliphatic rings. The Morgan fingerprint density at radius 3 is 2.44 bits per heavy atom. The summed E-state index contributed by atoms with van der Waals surface area (Å²) < 4.78 is 38.7. The van der Waals surface area contributed by atoms with Gasteiger partial charge in [0, 0.05) is 25.2 Å². The maximum absolute atomic E-state index is 13.7. The summed E-state index contributed by atoms with van der Waals surface area (Å²) in [7, 11) is -3.56. The minimum absolute atomic E-state index is 0.0172. The van der Waals surface area contributed by atoms with Gasteiger partial charge in [0.25, 0.3) is 5.91 Å². The number of rotatable bonds is 7. The summed E-state index contributed by atoms with van der Waals surface area (Å²) in [5.74, 6) is -0.874. The number of nitrogens with zero attached hydrogens (tertiary/aromatic N) is 1. The lowest BCUT2D eigenvalue weighted by molar-refractivity contribution is 0.0951. The second-order valence-corrected chi connectivity index (χ2v) is 7.81. The Balaban J connectivity index is 2.01. The first-order valence-corrected chi connectivity index (χ1v) is 9.73. The van der Waals surface area contributed by atoms with Crippen LogP contribution < -0.4 is 5.32 Å². The van der Waals surface area contributed by atoms with E-state index in [9.17, 15) is 17.6 Å². The summed E-state index contributed by atoms with van der Waals surface area (Å²) in [4.78, 5) is 12.1. The molecule has 2 rings (SSSR count). The van der Waals surface area contributed by atoms with Crippen LogP contribution in [0.2, 0.25) is 5.02 Å². The van der Waals surface area contributed by atoms with Gasteiger partial charge in [0.15, 0.2) is 0 Å². The first-order chi connectivity index (χ1) is 11.8. The van der Waals surface area contributed by atoms with Crippen molar-refractivity contribution < 1.29 is 17.6 Å². The molecule has 2 aromatic rings. The number of carbonyl (C=O) groups excluding carboxylic acids is 1. The molecule has 0 heterocycles. The highest BCUT2D eigenvalue weighted by Crippen LogP contribution is 2.15. The average molecular weight is 385 g/mol. The maximum Gasteiger partial charge on any atom is 0.252 e. The van der Waals surface area contributed by atoms with E-state index in [1.54, 1.807) is 30.3 Å². The van der Waals surface area contributed by atoms with Gasteiger partial charge in [-0.3, -0.25) is 4.79 Å². The molecule has 0 aromatic heterocycles. The summed E-state index contributed by atoms with van der Waals surface area (Å²) in [5.41, 5.74) is 0.578. The second kappa shape index (κ2) is 8.42. The molecule has 1 N–H and O–H groups in total. The van der Waals surface area contributed by atoms with Crippen LogP contribution in [-0.4, -0.2) is 38.0 Å². The monoisotopic (exact) mass is 384 g/mol. The van der Waals surface area contributed by atoms with Crippen molar-refractivity contribution in [2.24, 2.45) is 0 Å². The SMILES string of the molecule is CS(=O)(=O)N(CCNC(=O)c1ccccc1Cl)Cc1ccccc1F. The zero-order valence-corrected chi connectivity index (χ0v) is 15.1. The topological polar surface area (TPSA) is 66.5 Å². The Labute approximate surface area is 151 Å². The van der Waals surface area contributed by atoms with E-state index in [-0.39, 0.29) is 25.2 Å². The third-order valence-electron chi connectivity index (χ3n) is 3.54. The molecule has 1 amide bonds. The van der Waals surface area contributed by atoms with Crippen LogP contribution in [0.15, 0.2) is 48.5 Å². The van der Waals surface area contributed by atoms with Crippen LogP contribution in [0.25, 0.3) is 0 Å². The van der Waals surface area contributed by atoms with Crippen LogP contribution in [-0.2, 0) is 16.6 Å². The van der Waals surface area contributed by atoms with E-state index in [0.717, 1.165) is 10.6 Å². The van der Waals surface area contributed by atoms with Gasteiger partial charge < -0.3 is 5.32 Å². The summed E-state index contributed by atoms with van der Waals surface area (Å²) in [5, 5.41) is 2.93. The standard InChI is InChI=1S/C17H18ClFN2O3S/c1-25(23,24)21(12-13-6-2-5-9-16(13)19)11-10-20-17(22)14-7-3-4-8-15(14)18/h2-9H,10-12H2,1H3,(H,20,22). The summed E-state index contributed by atoms with van der Waals surface area (Å²) in [6.07, 6.45) is 1.05. The van der Waals surface area contributed by atoms with E-state index >= 15 is 0 Å². The first kappa shape index (κ1) is 19.4. The van der Waals surface area contributed by atoms with E-state index < -0.39 is 21.7 Å². The van der Waals surface area contributed by atoms with Crippen molar-refractivity contribution in [3.63, 3.8) is 0 Å².